The van der Waals surface area contributed by atoms with Gasteiger partial charge in [-0.3, -0.25) is 0 Å². The Morgan fingerprint density at radius 1 is 1.27 bits per heavy atom. The molecule has 2 atom stereocenters. The van der Waals surface area contributed by atoms with E-state index in [1.807, 2.05) is 6.08 Å². The quantitative estimate of drug-likeness (QED) is 0.507. The Balaban J connectivity index is 3.34. The third-order valence-corrected chi connectivity index (χ3v) is 2.37. The van der Waals surface area contributed by atoms with Crippen LogP contribution in [0.4, 0.5) is 0 Å². The molecule has 0 aliphatic rings. The molecule has 0 aromatic carbocycles. The van der Waals surface area contributed by atoms with Crippen LogP contribution >= 0.6 is 0 Å². The Bertz CT molecular complexity index is 94.2. The van der Waals surface area contributed by atoms with Crippen molar-refractivity contribution < 1.29 is 0 Å². The summed E-state index contributed by atoms with van der Waals surface area (Å²) >= 11 is 0. The van der Waals surface area contributed by atoms with Gasteiger partial charge in [0, 0.05) is 0 Å². The predicted molar refractivity (Wildman–Crippen MR) is 52.7 cm³/mol. The van der Waals surface area contributed by atoms with E-state index >= 15 is 0 Å². The van der Waals surface area contributed by atoms with Gasteiger partial charge < -0.3 is 0 Å². The first kappa shape index (κ1) is 10.7. The van der Waals surface area contributed by atoms with Gasteiger partial charge in [0.05, 0.1) is 0 Å². The second-order valence-electron chi connectivity index (χ2n) is 3.72. The molecule has 2 unspecified atom stereocenters. The average Bonchev–Trinajstić information content (AvgIpc) is 2.00. The minimum Gasteiger partial charge on any atom is -0.103 e. The van der Waals surface area contributed by atoms with Crippen molar-refractivity contribution in [3.63, 3.8) is 0 Å². The van der Waals surface area contributed by atoms with Gasteiger partial charge in [-0.15, -0.1) is 6.58 Å². The molecule has 0 fully saturated rings. The van der Waals surface area contributed by atoms with E-state index < -0.39 is 0 Å². The Morgan fingerprint density at radius 3 is 2.36 bits per heavy atom. The highest BCUT2D eigenvalue weighted by Gasteiger charge is 2.05. The third kappa shape index (κ3) is 6.15. The first-order chi connectivity index (χ1) is 5.20. The topological polar surface area (TPSA) is 0 Å². The molecule has 0 spiro atoms. The molecule has 0 aliphatic heterocycles. The van der Waals surface area contributed by atoms with E-state index in [4.69, 9.17) is 0 Å². The summed E-state index contributed by atoms with van der Waals surface area (Å²) < 4.78 is 0. The van der Waals surface area contributed by atoms with E-state index in [1.165, 1.54) is 25.7 Å². The summed E-state index contributed by atoms with van der Waals surface area (Å²) in [6.07, 6.45) is 7.21. The van der Waals surface area contributed by atoms with Crippen molar-refractivity contribution in [3.8, 4) is 0 Å². The number of rotatable bonds is 6. The SMILES string of the molecule is C=CCCC(C)CC(C)CC. The molecule has 0 N–H and O–H groups in total. The minimum absolute atomic E-state index is 0.878. The lowest BCUT2D eigenvalue weighted by atomic mass is 9.92. The fourth-order valence-electron chi connectivity index (χ4n) is 1.37. The lowest BCUT2D eigenvalue weighted by Gasteiger charge is -2.14. The van der Waals surface area contributed by atoms with Crippen molar-refractivity contribution in [2.24, 2.45) is 11.8 Å². The molecule has 0 rings (SSSR count). The van der Waals surface area contributed by atoms with Crippen molar-refractivity contribution in [3.05, 3.63) is 12.7 Å². The molecule has 0 heterocycles. The monoisotopic (exact) mass is 154 g/mol. The van der Waals surface area contributed by atoms with E-state index in [0.717, 1.165) is 11.8 Å². The molecule has 11 heavy (non-hydrogen) atoms. The van der Waals surface area contributed by atoms with Crippen LogP contribution in [0.2, 0.25) is 0 Å². The summed E-state index contributed by atoms with van der Waals surface area (Å²) in [6, 6.07) is 0. The van der Waals surface area contributed by atoms with Crippen LogP contribution in [0, 0.1) is 11.8 Å². The second-order valence-corrected chi connectivity index (χ2v) is 3.72. The maximum absolute atomic E-state index is 3.73. The van der Waals surface area contributed by atoms with Gasteiger partial charge in [0.2, 0.25) is 0 Å². The van der Waals surface area contributed by atoms with Gasteiger partial charge in [0.1, 0.15) is 0 Å². The summed E-state index contributed by atoms with van der Waals surface area (Å²) in [5, 5.41) is 0. The van der Waals surface area contributed by atoms with Crippen LogP contribution < -0.4 is 0 Å². The van der Waals surface area contributed by atoms with E-state index in [2.05, 4.69) is 27.4 Å². The molecular formula is C11H22. The molecule has 0 aromatic rings. The van der Waals surface area contributed by atoms with E-state index in [0.29, 0.717) is 0 Å². The lowest BCUT2D eigenvalue weighted by Crippen LogP contribution is -2.01. The van der Waals surface area contributed by atoms with Crippen molar-refractivity contribution in [2.45, 2.75) is 46.5 Å². The number of allylic oxidation sites excluding steroid dienone is 1. The lowest BCUT2D eigenvalue weighted by molar-refractivity contribution is 0.389. The van der Waals surface area contributed by atoms with Crippen LogP contribution in [0.5, 0.6) is 0 Å². The zero-order valence-electron chi connectivity index (χ0n) is 8.27. The van der Waals surface area contributed by atoms with Gasteiger partial charge in [0.15, 0.2) is 0 Å². The van der Waals surface area contributed by atoms with Gasteiger partial charge >= 0.3 is 0 Å². The molecular weight excluding hydrogens is 132 g/mol. The van der Waals surface area contributed by atoms with Crippen molar-refractivity contribution in [1.29, 1.82) is 0 Å². The Hall–Kier alpha value is -0.260. The molecule has 0 bridgehead atoms. The molecule has 0 saturated carbocycles. The Labute approximate surface area is 71.7 Å². The maximum Gasteiger partial charge on any atom is -0.0351 e. The highest BCUT2D eigenvalue weighted by molar-refractivity contribution is 4.68. The molecule has 66 valence electrons. The highest BCUT2D eigenvalue weighted by atomic mass is 14.1. The zero-order valence-corrected chi connectivity index (χ0v) is 8.27. The molecule has 0 radical (unpaired) electrons. The summed E-state index contributed by atoms with van der Waals surface area (Å²) in [5.41, 5.74) is 0. The normalized spacial score (nSPS) is 15.9. The summed E-state index contributed by atoms with van der Waals surface area (Å²) in [5.74, 6) is 1.78. The summed E-state index contributed by atoms with van der Waals surface area (Å²) in [7, 11) is 0. The fourth-order valence-corrected chi connectivity index (χ4v) is 1.37. The van der Waals surface area contributed by atoms with E-state index in [-0.39, 0.29) is 0 Å². The van der Waals surface area contributed by atoms with Crippen LogP contribution in [0.1, 0.15) is 46.5 Å². The van der Waals surface area contributed by atoms with Gasteiger partial charge in [-0.2, -0.15) is 0 Å². The molecule has 0 aliphatic carbocycles. The van der Waals surface area contributed by atoms with Crippen LogP contribution in [-0.4, -0.2) is 0 Å². The van der Waals surface area contributed by atoms with Gasteiger partial charge in [-0.1, -0.05) is 33.3 Å². The second kappa shape index (κ2) is 6.45. The first-order valence-electron chi connectivity index (χ1n) is 4.81. The van der Waals surface area contributed by atoms with E-state index in [1.54, 1.807) is 0 Å². The van der Waals surface area contributed by atoms with Gasteiger partial charge in [-0.05, 0) is 31.1 Å². The van der Waals surface area contributed by atoms with Crippen LogP contribution in [-0.2, 0) is 0 Å². The average molecular weight is 154 g/mol. The molecule has 0 aromatic heterocycles. The fraction of sp³-hybridized carbons (Fsp3) is 0.818. The molecule has 0 heteroatoms. The maximum atomic E-state index is 3.73. The van der Waals surface area contributed by atoms with Crippen molar-refractivity contribution >= 4 is 0 Å². The third-order valence-electron chi connectivity index (χ3n) is 2.37. The molecule has 0 saturated heterocycles. The summed E-state index contributed by atoms with van der Waals surface area (Å²) in [6.45, 7) is 10.7. The smallest absolute Gasteiger partial charge is 0.0351 e. The first-order valence-corrected chi connectivity index (χ1v) is 4.81. The predicted octanol–water partition coefficient (Wildman–Crippen LogP) is 4.02. The van der Waals surface area contributed by atoms with Crippen LogP contribution in [0.25, 0.3) is 0 Å². The van der Waals surface area contributed by atoms with Crippen LogP contribution in [0.15, 0.2) is 12.7 Å². The number of hydrogen-bond donors (Lipinski definition) is 0. The van der Waals surface area contributed by atoms with Crippen molar-refractivity contribution in [1.82, 2.24) is 0 Å². The Kier molecular flexibility index (Phi) is 6.30. The zero-order chi connectivity index (χ0) is 8.69. The largest absolute Gasteiger partial charge is 0.103 e. The van der Waals surface area contributed by atoms with Gasteiger partial charge in [-0.25, -0.2) is 0 Å². The van der Waals surface area contributed by atoms with Crippen molar-refractivity contribution in [2.75, 3.05) is 0 Å². The highest BCUT2D eigenvalue weighted by Crippen LogP contribution is 2.18. The Morgan fingerprint density at radius 2 is 1.91 bits per heavy atom. The molecule has 0 nitrogen and oxygen atoms in total. The van der Waals surface area contributed by atoms with Crippen LogP contribution in [0.3, 0.4) is 0 Å². The number of hydrogen-bond acceptors (Lipinski definition) is 0. The van der Waals surface area contributed by atoms with Gasteiger partial charge in [0.25, 0.3) is 0 Å². The summed E-state index contributed by atoms with van der Waals surface area (Å²) in [4.78, 5) is 0. The minimum atomic E-state index is 0.878. The van der Waals surface area contributed by atoms with E-state index in [9.17, 15) is 0 Å². The molecule has 0 amide bonds. The standard InChI is InChI=1S/C11H22/c1-5-7-8-11(4)9-10(3)6-2/h5,10-11H,1,6-9H2,2-4H3.